The van der Waals surface area contributed by atoms with Crippen molar-refractivity contribution < 1.29 is 24.0 Å². The summed E-state index contributed by atoms with van der Waals surface area (Å²) in [6.45, 7) is 1.60. The Kier molecular flexibility index (Phi) is 4.41. The van der Waals surface area contributed by atoms with Crippen molar-refractivity contribution in [2.75, 3.05) is 0 Å². The fraction of sp³-hybridized carbons (Fsp3) is 0.400. The number of nitrogens with zero attached hydrogens (tertiary/aromatic N) is 1. The molecule has 0 aromatic carbocycles. The van der Waals surface area contributed by atoms with Crippen LogP contribution in [0.3, 0.4) is 0 Å². The molecular weight excluding hydrogens is 242 g/mol. The number of aliphatic carboxylic acids is 1. The van der Waals surface area contributed by atoms with Crippen molar-refractivity contribution in [1.82, 2.24) is 10.5 Å². The van der Waals surface area contributed by atoms with E-state index in [1.807, 2.05) is 0 Å². The summed E-state index contributed by atoms with van der Waals surface area (Å²) in [5.74, 6) is -2.12. The van der Waals surface area contributed by atoms with Crippen molar-refractivity contribution >= 4 is 17.8 Å². The number of aryl methyl sites for hydroxylation is 1. The van der Waals surface area contributed by atoms with E-state index in [9.17, 15) is 14.4 Å². The monoisotopic (exact) mass is 255 g/mol. The minimum Gasteiger partial charge on any atom is -0.480 e. The summed E-state index contributed by atoms with van der Waals surface area (Å²) < 4.78 is 4.69. The molecule has 0 bridgehead atoms. The summed E-state index contributed by atoms with van der Waals surface area (Å²) in [4.78, 5) is 33.1. The van der Waals surface area contributed by atoms with Gasteiger partial charge in [0.05, 0.1) is 0 Å². The molecule has 0 fully saturated rings. The number of carbonyl (C=O) groups is 3. The molecule has 98 valence electrons. The lowest BCUT2D eigenvalue weighted by atomic mass is 10.1. The number of carbonyl (C=O) groups excluding carboxylic acids is 2. The van der Waals surface area contributed by atoms with Gasteiger partial charge in [0.2, 0.25) is 5.91 Å². The second-order valence-electron chi connectivity index (χ2n) is 3.69. The van der Waals surface area contributed by atoms with E-state index in [0.717, 1.165) is 0 Å². The van der Waals surface area contributed by atoms with E-state index in [1.165, 1.54) is 6.07 Å². The second-order valence-corrected chi connectivity index (χ2v) is 3.69. The standard InChI is InChI=1S/C10H13N3O5/c1-5-4-7(13-18-5)9(15)12-6(10(16)17)2-3-8(11)14/h4,6H,2-3H2,1H3,(H2,11,14)(H,12,15)(H,16,17). The zero-order valence-electron chi connectivity index (χ0n) is 9.67. The van der Waals surface area contributed by atoms with Gasteiger partial charge in [-0.3, -0.25) is 9.59 Å². The summed E-state index contributed by atoms with van der Waals surface area (Å²) in [7, 11) is 0. The maximum absolute atomic E-state index is 11.6. The van der Waals surface area contributed by atoms with E-state index < -0.39 is 23.8 Å². The van der Waals surface area contributed by atoms with Gasteiger partial charge in [0.25, 0.3) is 5.91 Å². The van der Waals surface area contributed by atoms with E-state index in [1.54, 1.807) is 6.92 Å². The van der Waals surface area contributed by atoms with Gasteiger partial charge in [0.15, 0.2) is 5.69 Å². The molecule has 4 N–H and O–H groups in total. The van der Waals surface area contributed by atoms with Gasteiger partial charge in [0, 0.05) is 12.5 Å². The number of primary amides is 1. The third-order valence-corrected chi connectivity index (χ3v) is 2.14. The van der Waals surface area contributed by atoms with Crippen molar-refractivity contribution in [3.05, 3.63) is 17.5 Å². The zero-order valence-corrected chi connectivity index (χ0v) is 9.67. The van der Waals surface area contributed by atoms with E-state index in [-0.39, 0.29) is 18.5 Å². The van der Waals surface area contributed by atoms with Crippen LogP contribution >= 0.6 is 0 Å². The predicted octanol–water partition coefficient (Wildman–Crippen LogP) is -0.568. The molecule has 0 aliphatic rings. The second kappa shape index (κ2) is 5.80. The van der Waals surface area contributed by atoms with Crippen molar-refractivity contribution in [2.45, 2.75) is 25.8 Å². The lowest BCUT2D eigenvalue weighted by Gasteiger charge is -2.12. The minimum absolute atomic E-state index is 0.0159. The van der Waals surface area contributed by atoms with Crippen LogP contribution in [0.4, 0.5) is 0 Å². The van der Waals surface area contributed by atoms with Crippen molar-refractivity contribution in [3.63, 3.8) is 0 Å². The van der Waals surface area contributed by atoms with Gasteiger partial charge in [-0.1, -0.05) is 5.16 Å². The predicted molar refractivity (Wildman–Crippen MR) is 58.6 cm³/mol. The molecule has 0 spiro atoms. The highest BCUT2D eigenvalue weighted by Gasteiger charge is 2.22. The third-order valence-electron chi connectivity index (χ3n) is 2.14. The van der Waals surface area contributed by atoms with E-state index in [0.29, 0.717) is 5.76 Å². The molecule has 0 saturated carbocycles. The maximum Gasteiger partial charge on any atom is 0.326 e. The van der Waals surface area contributed by atoms with E-state index >= 15 is 0 Å². The Morgan fingerprint density at radius 2 is 2.22 bits per heavy atom. The number of hydrogen-bond acceptors (Lipinski definition) is 5. The van der Waals surface area contributed by atoms with Gasteiger partial charge < -0.3 is 20.7 Å². The molecule has 1 atom stereocenters. The van der Waals surface area contributed by atoms with Gasteiger partial charge in [-0.2, -0.15) is 0 Å². The van der Waals surface area contributed by atoms with Crippen LogP contribution in [0.2, 0.25) is 0 Å². The highest BCUT2D eigenvalue weighted by molar-refractivity contribution is 5.95. The fourth-order valence-corrected chi connectivity index (χ4v) is 1.25. The molecule has 0 radical (unpaired) electrons. The molecule has 1 aromatic rings. The Morgan fingerprint density at radius 3 is 2.67 bits per heavy atom. The highest BCUT2D eigenvalue weighted by Crippen LogP contribution is 2.04. The third kappa shape index (κ3) is 3.89. The summed E-state index contributed by atoms with van der Waals surface area (Å²) in [5, 5.41) is 14.6. The number of hydrogen-bond donors (Lipinski definition) is 3. The number of carboxylic acids is 1. The smallest absolute Gasteiger partial charge is 0.326 e. The Bertz CT molecular complexity index is 468. The summed E-state index contributed by atoms with van der Waals surface area (Å²) in [5.41, 5.74) is 4.90. The number of amides is 2. The van der Waals surface area contributed by atoms with Crippen LogP contribution in [0.15, 0.2) is 10.6 Å². The number of carboxylic acid groups (broad SMARTS) is 1. The first-order chi connectivity index (χ1) is 8.40. The highest BCUT2D eigenvalue weighted by atomic mass is 16.5. The molecule has 1 rings (SSSR count). The average molecular weight is 255 g/mol. The number of nitrogens with two attached hydrogens (primary N) is 1. The first-order valence-corrected chi connectivity index (χ1v) is 5.15. The van der Waals surface area contributed by atoms with Crippen LogP contribution in [0, 0.1) is 6.92 Å². The molecule has 1 unspecified atom stereocenters. The molecule has 0 aliphatic carbocycles. The Morgan fingerprint density at radius 1 is 1.56 bits per heavy atom. The largest absolute Gasteiger partial charge is 0.480 e. The first kappa shape index (κ1) is 13.7. The minimum atomic E-state index is -1.25. The molecule has 8 nitrogen and oxygen atoms in total. The van der Waals surface area contributed by atoms with Crippen LogP contribution in [0.1, 0.15) is 29.1 Å². The molecule has 2 amide bonds. The number of aromatic nitrogens is 1. The normalized spacial score (nSPS) is 11.8. The van der Waals surface area contributed by atoms with Crippen LogP contribution in [0.5, 0.6) is 0 Å². The molecule has 0 saturated heterocycles. The maximum atomic E-state index is 11.6. The van der Waals surface area contributed by atoms with E-state index in [4.69, 9.17) is 15.4 Å². The van der Waals surface area contributed by atoms with Gasteiger partial charge in [-0.05, 0) is 13.3 Å². The lowest BCUT2D eigenvalue weighted by molar-refractivity contribution is -0.139. The van der Waals surface area contributed by atoms with Crippen LogP contribution < -0.4 is 11.1 Å². The number of nitrogens with one attached hydrogen (secondary N) is 1. The van der Waals surface area contributed by atoms with Gasteiger partial charge >= 0.3 is 5.97 Å². The van der Waals surface area contributed by atoms with Gasteiger partial charge in [-0.25, -0.2) is 4.79 Å². The quantitative estimate of drug-likeness (QED) is 0.622. The topological polar surface area (TPSA) is 136 Å². The van der Waals surface area contributed by atoms with Crippen molar-refractivity contribution in [3.8, 4) is 0 Å². The fourth-order valence-electron chi connectivity index (χ4n) is 1.25. The Balaban J connectivity index is 2.63. The average Bonchev–Trinajstić information content (AvgIpc) is 2.70. The summed E-state index contributed by atoms with van der Waals surface area (Å²) in [6, 6.07) is 0.185. The SMILES string of the molecule is Cc1cc(C(=O)NC(CCC(N)=O)C(=O)O)no1. The zero-order chi connectivity index (χ0) is 13.7. The van der Waals surface area contributed by atoms with Crippen molar-refractivity contribution in [1.29, 1.82) is 0 Å². The van der Waals surface area contributed by atoms with Crippen LogP contribution in [-0.2, 0) is 9.59 Å². The van der Waals surface area contributed by atoms with Crippen LogP contribution in [0.25, 0.3) is 0 Å². The molecule has 18 heavy (non-hydrogen) atoms. The number of rotatable bonds is 6. The Labute approximate surface area is 102 Å². The van der Waals surface area contributed by atoms with Crippen molar-refractivity contribution in [2.24, 2.45) is 5.73 Å². The van der Waals surface area contributed by atoms with Gasteiger partial charge in [0.1, 0.15) is 11.8 Å². The molecule has 1 aromatic heterocycles. The molecule has 1 heterocycles. The summed E-state index contributed by atoms with van der Waals surface area (Å²) in [6.07, 6.45) is -0.206. The van der Waals surface area contributed by atoms with E-state index in [2.05, 4.69) is 10.5 Å². The van der Waals surface area contributed by atoms with Crippen LogP contribution in [-0.4, -0.2) is 34.1 Å². The first-order valence-electron chi connectivity index (χ1n) is 5.15. The molecule has 0 aliphatic heterocycles. The molecule has 8 heteroatoms. The lowest BCUT2D eigenvalue weighted by Crippen LogP contribution is -2.41. The Hall–Kier alpha value is -2.38. The summed E-state index contributed by atoms with van der Waals surface area (Å²) >= 11 is 0. The van der Waals surface area contributed by atoms with Gasteiger partial charge in [-0.15, -0.1) is 0 Å². The molecular formula is C10H13N3O5.